The summed E-state index contributed by atoms with van der Waals surface area (Å²) in [6, 6.07) is 12.0. The van der Waals surface area contributed by atoms with Crippen LogP contribution in [0.5, 0.6) is 11.5 Å². The van der Waals surface area contributed by atoms with Crippen LogP contribution in [0.3, 0.4) is 0 Å². The number of fused-ring (bicyclic) bond motifs is 2. The molecule has 2 N–H and O–H groups in total. The van der Waals surface area contributed by atoms with Crippen LogP contribution in [0, 0.1) is 0 Å². The van der Waals surface area contributed by atoms with Gasteiger partial charge in [0.05, 0.1) is 19.1 Å². The number of carbonyl (C=O) groups excluding carboxylic acids is 2. The van der Waals surface area contributed by atoms with E-state index in [-0.39, 0.29) is 5.78 Å². The number of carbonyl (C=O) groups is 2. The average molecular weight is 476 g/mol. The lowest BCUT2D eigenvalue weighted by atomic mass is 9.91. The molecule has 184 valence electrons. The minimum absolute atomic E-state index is 0.124. The van der Waals surface area contributed by atoms with Gasteiger partial charge in [-0.05, 0) is 68.3 Å². The van der Waals surface area contributed by atoms with Crippen molar-refractivity contribution in [3.63, 3.8) is 0 Å². The topological polar surface area (TPSA) is 86.8 Å². The first-order chi connectivity index (χ1) is 16.7. The van der Waals surface area contributed by atoms with Crippen LogP contribution < -0.4 is 15.2 Å². The van der Waals surface area contributed by atoms with Crippen LogP contribution in [-0.4, -0.2) is 53.5 Å². The number of hydrogen-bond acceptors (Lipinski definition) is 5. The quantitative estimate of drug-likeness (QED) is 0.572. The predicted octanol–water partition coefficient (Wildman–Crippen LogP) is 4.37. The molecule has 0 unspecified atom stereocenters. The first kappa shape index (κ1) is 23.4. The molecule has 0 atom stereocenters. The van der Waals surface area contributed by atoms with Gasteiger partial charge >= 0.3 is 0 Å². The second-order valence-corrected chi connectivity index (χ2v) is 10.3. The lowest BCUT2D eigenvalue weighted by molar-refractivity contribution is 0.0618. The van der Waals surface area contributed by atoms with Gasteiger partial charge < -0.3 is 24.7 Å². The summed E-state index contributed by atoms with van der Waals surface area (Å²) in [6.45, 7) is 6.75. The number of rotatable bonds is 6. The van der Waals surface area contributed by atoms with Gasteiger partial charge in [0, 0.05) is 49.0 Å². The molecule has 1 aromatic heterocycles. The van der Waals surface area contributed by atoms with E-state index in [0.29, 0.717) is 29.3 Å². The molecule has 2 aliphatic rings. The zero-order valence-electron chi connectivity index (χ0n) is 20.7. The van der Waals surface area contributed by atoms with E-state index in [1.807, 2.05) is 38.1 Å². The summed E-state index contributed by atoms with van der Waals surface area (Å²) in [7, 11) is 1.66. The number of benzene rings is 2. The number of amides is 1. The van der Waals surface area contributed by atoms with Gasteiger partial charge in [0.2, 0.25) is 5.91 Å². The van der Waals surface area contributed by atoms with Crippen LogP contribution in [0.2, 0.25) is 0 Å². The fourth-order valence-corrected chi connectivity index (χ4v) is 5.43. The molecule has 7 heteroatoms. The number of piperidine rings is 1. The van der Waals surface area contributed by atoms with Gasteiger partial charge in [0.1, 0.15) is 17.1 Å². The molecule has 5 rings (SSSR count). The van der Waals surface area contributed by atoms with Gasteiger partial charge in [0.25, 0.3) is 0 Å². The Morgan fingerprint density at radius 3 is 2.66 bits per heavy atom. The van der Waals surface area contributed by atoms with E-state index in [2.05, 4.69) is 21.7 Å². The highest BCUT2D eigenvalue weighted by molar-refractivity contribution is 6.00. The van der Waals surface area contributed by atoms with Gasteiger partial charge in [-0.3, -0.25) is 9.59 Å². The van der Waals surface area contributed by atoms with Crippen molar-refractivity contribution in [3.8, 4) is 11.5 Å². The van der Waals surface area contributed by atoms with Gasteiger partial charge in [-0.2, -0.15) is 0 Å². The van der Waals surface area contributed by atoms with Crippen LogP contribution in [0.25, 0.3) is 10.9 Å². The lowest BCUT2D eigenvalue weighted by Gasteiger charge is -2.34. The summed E-state index contributed by atoms with van der Waals surface area (Å²) in [4.78, 5) is 26.8. The fraction of sp³-hybridized carbons (Fsp3) is 0.429. The molecule has 3 aromatic rings. The maximum atomic E-state index is 12.7. The van der Waals surface area contributed by atoms with Crippen molar-refractivity contribution in [1.29, 1.82) is 0 Å². The molecule has 1 amide bonds. The Bertz CT molecular complexity index is 1280. The van der Waals surface area contributed by atoms with E-state index in [9.17, 15) is 9.59 Å². The van der Waals surface area contributed by atoms with Crippen LogP contribution in [0.15, 0.2) is 42.6 Å². The molecular weight excluding hydrogens is 442 g/mol. The first-order valence-corrected chi connectivity index (χ1v) is 12.3. The number of methoxy groups -OCH3 is 1. The summed E-state index contributed by atoms with van der Waals surface area (Å²) in [5, 5.41) is 1.12. The number of primary amides is 1. The van der Waals surface area contributed by atoms with Gasteiger partial charge in [-0.1, -0.05) is 6.07 Å². The summed E-state index contributed by atoms with van der Waals surface area (Å²) in [5.74, 6) is 1.11. The van der Waals surface area contributed by atoms with Crippen LogP contribution in [0.1, 0.15) is 65.4 Å². The van der Waals surface area contributed by atoms with Crippen LogP contribution >= 0.6 is 0 Å². The molecule has 2 aromatic carbocycles. The number of ketones is 1. The number of Topliss-reactive ketones (excluding diaryl/α,β-unsaturated/α-hetero) is 1. The summed E-state index contributed by atoms with van der Waals surface area (Å²) in [5.41, 5.74) is 8.31. The zero-order chi connectivity index (χ0) is 24.7. The Hall–Kier alpha value is -3.32. The highest BCUT2D eigenvalue weighted by Crippen LogP contribution is 2.38. The largest absolute Gasteiger partial charge is 0.496 e. The zero-order valence-corrected chi connectivity index (χ0v) is 20.7. The number of hydrogen-bond donors (Lipinski definition) is 1. The molecule has 1 saturated heterocycles. The Labute approximate surface area is 205 Å². The lowest BCUT2D eigenvalue weighted by Crippen LogP contribution is -2.36. The number of likely N-dealkylation sites (tertiary alicyclic amines) is 1. The van der Waals surface area contributed by atoms with Gasteiger partial charge in [-0.15, -0.1) is 0 Å². The summed E-state index contributed by atoms with van der Waals surface area (Å²) in [6.07, 6.45) is 5.38. The first-order valence-electron chi connectivity index (χ1n) is 12.3. The monoisotopic (exact) mass is 475 g/mol. The maximum absolute atomic E-state index is 12.7. The molecule has 0 saturated carbocycles. The Kier molecular flexibility index (Phi) is 6.05. The molecule has 0 spiro atoms. The van der Waals surface area contributed by atoms with Gasteiger partial charge in [-0.25, -0.2) is 0 Å². The summed E-state index contributed by atoms with van der Waals surface area (Å²) < 4.78 is 14.0. The van der Waals surface area contributed by atoms with E-state index in [4.69, 9.17) is 15.2 Å². The number of nitrogens with two attached hydrogens (primary N) is 1. The van der Waals surface area contributed by atoms with Gasteiger partial charge in [0.15, 0.2) is 5.78 Å². The smallest absolute Gasteiger partial charge is 0.248 e. The minimum Gasteiger partial charge on any atom is -0.496 e. The number of nitrogens with zero attached hydrogens (tertiary/aromatic N) is 2. The number of ether oxygens (including phenoxy) is 2. The van der Waals surface area contributed by atoms with Crippen molar-refractivity contribution < 1.29 is 19.1 Å². The Morgan fingerprint density at radius 1 is 1.17 bits per heavy atom. The normalized spacial score (nSPS) is 18.3. The Balaban J connectivity index is 1.25. The third-order valence-electron chi connectivity index (χ3n) is 7.31. The van der Waals surface area contributed by atoms with E-state index in [0.717, 1.165) is 61.1 Å². The Morgan fingerprint density at radius 2 is 1.94 bits per heavy atom. The van der Waals surface area contributed by atoms with Crippen molar-refractivity contribution in [3.05, 3.63) is 59.3 Å². The molecule has 3 heterocycles. The highest BCUT2D eigenvalue weighted by Gasteiger charge is 2.33. The van der Waals surface area contributed by atoms with E-state index in [1.165, 1.54) is 0 Å². The third kappa shape index (κ3) is 4.65. The van der Waals surface area contributed by atoms with Crippen molar-refractivity contribution in [2.24, 2.45) is 5.73 Å². The fourth-order valence-electron chi connectivity index (χ4n) is 5.43. The molecule has 0 aliphatic carbocycles. The van der Waals surface area contributed by atoms with Crippen molar-refractivity contribution in [2.75, 3.05) is 26.7 Å². The molecule has 0 radical (unpaired) electrons. The second kappa shape index (κ2) is 9.04. The van der Waals surface area contributed by atoms with Crippen LogP contribution in [0.4, 0.5) is 0 Å². The summed E-state index contributed by atoms with van der Waals surface area (Å²) >= 11 is 0. The third-order valence-corrected chi connectivity index (χ3v) is 7.31. The standard InChI is InChI=1S/C28H33N3O4/c1-28(2)17-24(32)22-14-19(25(34-3)16-26(22)35-28)6-10-30-11-8-21(9-12-30)31-13-7-18-4-5-20(27(29)33)15-23(18)31/h4-5,7,13-16,21H,6,8-12,17H2,1-3H3,(H2,29,33). The van der Waals surface area contributed by atoms with Crippen molar-refractivity contribution in [1.82, 2.24) is 9.47 Å². The number of aromatic nitrogens is 1. The molecule has 0 bridgehead atoms. The van der Waals surface area contributed by atoms with E-state index >= 15 is 0 Å². The van der Waals surface area contributed by atoms with E-state index < -0.39 is 11.5 Å². The predicted molar refractivity (Wildman–Crippen MR) is 136 cm³/mol. The minimum atomic E-state index is -0.493. The molecule has 1 fully saturated rings. The molecule has 35 heavy (non-hydrogen) atoms. The van der Waals surface area contributed by atoms with Crippen molar-refractivity contribution in [2.45, 2.75) is 51.2 Å². The van der Waals surface area contributed by atoms with Crippen molar-refractivity contribution >= 4 is 22.6 Å². The second-order valence-electron chi connectivity index (χ2n) is 10.3. The average Bonchev–Trinajstić information content (AvgIpc) is 3.25. The molecule has 2 aliphatic heterocycles. The van der Waals surface area contributed by atoms with E-state index in [1.54, 1.807) is 13.2 Å². The maximum Gasteiger partial charge on any atom is 0.248 e. The molecule has 7 nitrogen and oxygen atoms in total. The molecular formula is C28H33N3O4. The SMILES string of the molecule is COc1cc2c(cc1CCN1CCC(n3ccc4ccc(C(N)=O)cc43)CC1)C(=O)CC(C)(C)O2. The highest BCUT2D eigenvalue weighted by atomic mass is 16.5. The van der Waals surface area contributed by atoms with Crippen LogP contribution in [-0.2, 0) is 6.42 Å².